The van der Waals surface area contributed by atoms with Gasteiger partial charge in [-0.05, 0) is 43.4 Å². The number of halogens is 1. The van der Waals surface area contributed by atoms with Gasteiger partial charge < -0.3 is 20.4 Å². The summed E-state index contributed by atoms with van der Waals surface area (Å²) >= 11 is 0. The molecule has 1 aromatic carbocycles. The first kappa shape index (κ1) is 19.1. The minimum atomic E-state index is -0.638. The minimum Gasteiger partial charge on any atom is -0.355 e. The number of hydrogen-bond donors (Lipinski definition) is 2. The van der Waals surface area contributed by atoms with Crippen LogP contribution in [0, 0.1) is 11.7 Å². The van der Waals surface area contributed by atoms with Gasteiger partial charge in [0.2, 0.25) is 5.91 Å². The van der Waals surface area contributed by atoms with Crippen LogP contribution in [-0.2, 0) is 4.79 Å². The number of rotatable bonds is 4. The van der Waals surface area contributed by atoms with Gasteiger partial charge in [-0.15, -0.1) is 0 Å². The maximum atomic E-state index is 13.8. The zero-order valence-corrected chi connectivity index (χ0v) is 15.5. The first-order chi connectivity index (χ1) is 13.0. The highest BCUT2D eigenvalue weighted by Gasteiger charge is 2.28. The van der Waals surface area contributed by atoms with E-state index in [1.807, 2.05) is 4.90 Å². The first-order valence-electron chi connectivity index (χ1n) is 9.33. The van der Waals surface area contributed by atoms with Gasteiger partial charge >= 0.3 is 6.03 Å². The number of amides is 4. The molecule has 7 nitrogen and oxygen atoms in total. The second-order valence-corrected chi connectivity index (χ2v) is 7.10. The molecule has 2 heterocycles. The third-order valence-electron chi connectivity index (χ3n) is 5.15. The fourth-order valence-corrected chi connectivity index (χ4v) is 3.72. The molecule has 2 aliphatic rings. The van der Waals surface area contributed by atoms with Crippen molar-refractivity contribution >= 4 is 23.5 Å². The Kier molecular flexibility index (Phi) is 5.93. The lowest BCUT2D eigenvalue weighted by Crippen LogP contribution is -2.45. The van der Waals surface area contributed by atoms with Crippen molar-refractivity contribution in [2.45, 2.75) is 25.7 Å². The lowest BCUT2D eigenvalue weighted by atomic mass is 9.97. The molecule has 0 aliphatic carbocycles. The van der Waals surface area contributed by atoms with E-state index in [4.69, 9.17) is 0 Å². The Bertz CT molecular complexity index is 740. The zero-order valence-electron chi connectivity index (χ0n) is 15.5. The smallest absolute Gasteiger partial charge is 0.321 e. The Morgan fingerprint density at radius 2 is 2.07 bits per heavy atom. The van der Waals surface area contributed by atoms with Crippen LogP contribution in [0.1, 0.15) is 36.0 Å². The molecular formula is C19H25FN4O3. The van der Waals surface area contributed by atoms with Crippen LogP contribution in [0.5, 0.6) is 0 Å². The summed E-state index contributed by atoms with van der Waals surface area (Å²) in [5.74, 6) is -0.719. The molecule has 1 unspecified atom stereocenters. The normalized spacial score (nSPS) is 19.9. The van der Waals surface area contributed by atoms with E-state index >= 15 is 0 Å². The summed E-state index contributed by atoms with van der Waals surface area (Å²) < 4.78 is 13.8. The summed E-state index contributed by atoms with van der Waals surface area (Å²) in [4.78, 5) is 39.7. The van der Waals surface area contributed by atoms with Crippen molar-refractivity contribution in [2.75, 3.05) is 38.5 Å². The van der Waals surface area contributed by atoms with E-state index < -0.39 is 11.7 Å². The summed E-state index contributed by atoms with van der Waals surface area (Å²) in [6, 6.07) is 3.65. The molecular weight excluding hydrogens is 351 g/mol. The molecule has 0 saturated carbocycles. The lowest BCUT2D eigenvalue weighted by Gasteiger charge is -2.34. The average molecular weight is 376 g/mol. The van der Waals surface area contributed by atoms with Gasteiger partial charge in [-0.25, -0.2) is 9.18 Å². The number of hydrogen-bond acceptors (Lipinski definition) is 3. The predicted molar refractivity (Wildman–Crippen MR) is 98.9 cm³/mol. The van der Waals surface area contributed by atoms with Crippen LogP contribution in [0.2, 0.25) is 0 Å². The average Bonchev–Trinajstić information content (AvgIpc) is 3.07. The SMILES string of the molecule is CNC(=O)c1cc(NC(=O)N2CCCC(CN3CCCC3=O)C2)ccc1F. The largest absolute Gasteiger partial charge is 0.355 e. The van der Waals surface area contributed by atoms with Crippen molar-refractivity contribution in [1.29, 1.82) is 0 Å². The Morgan fingerprint density at radius 3 is 2.78 bits per heavy atom. The zero-order chi connectivity index (χ0) is 19.4. The van der Waals surface area contributed by atoms with E-state index in [9.17, 15) is 18.8 Å². The second kappa shape index (κ2) is 8.37. The van der Waals surface area contributed by atoms with Crippen LogP contribution in [0.25, 0.3) is 0 Å². The van der Waals surface area contributed by atoms with Crippen LogP contribution in [0.3, 0.4) is 0 Å². The number of urea groups is 1. The van der Waals surface area contributed by atoms with Gasteiger partial charge in [0.15, 0.2) is 0 Å². The quantitative estimate of drug-likeness (QED) is 0.844. The summed E-state index contributed by atoms with van der Waals surface area (Å²) in [6.07, 6.45) is 3.40. The molecule has 146 valence electrons. The molecule has 0 aromatic heterocycles. The highest BCUT2D eigenvalue weighted by atomic mass is 19.1. The molecule has 2 aliphatic heterocycles. The van der Waals surface area contributed by atoms with Gasteiger partial charge in [0.25, 0.3) is 5.91 Å². The van der Waals surface area contributed by atoms with E-state index in [0.717, 1.165) is 31.9 Å². The molecule has 1 atom stereocenters. The number of piperidine rings is 1. The van der Waals surface area contributed by atoms with E-state index in [0.29, 0.717) is 31.7 Å². The summed E-state index contributed by atoms with van der Waals surface area (Å²) in [5, 5.41) is 5.12. The minimum absolute atomic E-state index is 0.112. The van der Waals surface area contributed by atoms with E-state index in [1.165, 1.54) is 19.2 Å². The maximum Gasteiger partial charge on any atom is 0.321 e. The molecule has 2 saturated heterocycles. The van der Waals surface area contributed by atoms with Gasteiger partial charge in [0, 0.05) is 45.3 Å². The highest BCUT2D eigenvalue weighted by Crippen LogP contribution is 2.22. The first-order valence-corrected chi connectivity index (χ1v) is 9.33. The molecule has 0 bridgehead atoms. The van der Waals surface area contributed by atoms with Gasteiger partial charge in [-0.2, -0.15) is 0 Å². The summed E-state index contributed by atoms with van der Waals surface area (Å²) in [5.41, 5.74) is 0.260. The molecule has 4 amide bonds. The Balaban J connectivity index is 1.60. The lowest BCUT2D eigenvalue weighted by molar-refractivity contribution is -0.128. The monoisotopic (exact) mass is 376 g/mol. The number of carbonyl (C=O) groups is 3. The van der Waals surface area contributed by atoms with Gasteiger partial charge in [0.1, 0.15) is 5.82 Å². The molecule has 0 radical (unpaired) electrons. The van der Waals surface area contributed by atoms with Crippen molar-refractivity contribution in [3.8, 4) is 0 Å². The second-order valence-electron chi connectivity index (χ2n) is 7.10. The van der Waals surface area contributed by atoms with Crippen molar-refractivity contribution in [1.82, 2.24) is 15.1 Å². The fraction of sp³-hybridized carbons (Fsp3) is 0.526. The van der Waals surface area contributed by atoms with Crippen molar-refractivity contribution in [3.63, 3.8) is 0 Å². The van der Waals surface area contributed by atoms with Crippen molar-refractivity contribution in [3.05, 3.63) is 29.6 Å². The van der Waals surface area contributed by atoms with Crippen LogP contribution in [0.15, 0.2) is 18.2 Å². The van der Waals surface area contributed by atoms with E-state index in [1.54, 1.807) is 4.90 Å². The number of nitrogens with zero attached hydrogens (tertiary/aromatic N) is 2. The van der Waals surface area contributed by atoms with Crippen LogP contribution < -0.4 is 10.6 Å². The van der Waals surface area contributed by atoms with Crippen molar-refractivity contribution in [2.24, 2.45) is 5.92 Å². The number of nitrogens with one attached hydrogen (secondary N) is 2. The molecule has 8 heteroatoms. The Labute approximate surface area is 157 Å². The molecule has 3 rings (SSSR count). The van der Waals surface area contributed by atoms with Crippen molar-refractivity contribution < 1.29 is 18.8 Å². The fourth-order valence-electron chi connectivity index (χ4n) is 3.72. The number of carbonyl (C=O) groups excluding carboxylic acids is 3. The maximum absolute atomic E-state index is 13.8. The molecule has 1 aromatic rings. The molecule has 2 N–H and O–H groups in total. The highest BCUT2D eigenvalue weighted by molar-refractivity contribution is 5.97. The number of benzene rings is 1. The third-order valence-corrected chi connectivity index (χ3v) is 5.15. The molecule has 27 heavy (non-hydrogen) atoms. The van der Waals surface area contributed by atoms with Crippen LogP contribution >= 0.6 is 0 Å². The third kappa shape index (κ3) is 4.56. The number of likely N-dealkylation sites (tertiary alicyclic amines) is 2. The molecule has 2 fully saturated rings. The Hall–Kier alpha value is -2.64. The predicted octanol–water partition coefficient (Wildman–Crippen LogP) is 2.05. The topological polar surface area (TPSA) is 81.8 Å². The van der Waals surface area contributed by atoms with E-state index in [-0.39, 0.29) is 23.4 Å². The standard InChI is InChI=1S/C19H25FN4O3/c1-21-18(26)15-10-14(6-7-16(15)20)22-19(27)24-9-2-4-13(12-24)11-23-8-3-5-17(23)25/h6-7,10,13H,2-5,8-9,11-12H2,1H3,(H,21,26)(H,22,27). The van der Waals surface area contributed by atoms with Gasteiger partial charge in [0.05, 0.1) is 5.56 Å². The van der Waals surface area contributed by atoms with Gasteiger partial charge in [-0.1, -0.05) is 0 Å². The van der Waals surface area contributed by atoms with Crippen LogP contribution in [0.4, 0.5) is 14.9 Å². The van der Waals surface area contributed by atoms with Gasteiger partial charge in [-0.3, -0.25) is 9.59 Å². The summed E-state index contributed by atoms with van der Waals surface area (Å²) in [6.45, 7) is 2.72. The number of anilines is 1. The summed E-state index contributed by atoms with van der Waals surface area (Å²) in [7, 11) is 1.42. The Morgan fingerprint density at radius 1 is 1.26 bits per heavy atom. The van der Waals surface area contributed by atoms with Crippen LogP contribution in [-0.4, -0.2) is 60.9 Å². The molecule has 0 spiro atoms. The van der Waals surface area contributed by atoms with E-state index in [2.05, 4.69) is 10.6 Å².